The fraction of sp³-hybridized carbons (Fsp3) is 0.150. The molecule has 0 unspecified atom stereocenters. The Morgan fingerprint density at radius 1 is 1.14 bits per heavy atom. The van der Waals surface area contributed by atoms with E-state index in [9.17, 15) is 9.59 Å². The lowest BCUT2D eigenvalue weighted by atomic mass is 10.1. The Morgan fingerprint density at radius 3 is 2.62 bits per heavy atom. The molecule has 4 aromatic rings. The minimum absolute atomic E-state index is 0.123. The van der Waals surface area contributed by atoms with Crippen LogP contribution >= 0.6 is 0 Å². The predicted octanol–water partition coefficient (Wildman–Crippen LogP) is 2.41. The van der Waals surface area contributed by atoms with Gasteiger partial charge < -0.3 is 14.9 Å². The molecular formula is C20H17N5O4. The summed E-state index contributed by atoms with van der Waals surface area (Å²) in [5.41, 5.74) is 7.53. The number of hydrogen-bond donors (Lipinski definition) is 1. The second-order valence-corrected chi connectivity index (χ2v) is 6.21. The molecule has 9 heteroatoms. The van der Waals surface area contributed by atoms with Crippen LogP contribution in [-0.4, -0.2) is 38.7 Å². The van der Waals surface area contributed by atoms with Gasteiger partial charge in [0.05, 0.1) is 13.2 Å². The van der Waals surface area contributed by atoms with Crippen molar-refractivity contribution in [3.05, 3.63) is 65.4 Å². The highest BCUT2D eigenvalue weighted by Crippen LogP contribution is 2.27. The number of fused-ring (bicyclic) bond motifs is 1. The summed E-state index contributed by atoms with van der Waals surface area (Å²) < 4.78 is 10.8. The first-order valence-corrected chi connectivity index (χ1v) is 8.92. The lowest BCUT2D eigenvalue weighted by Crippen LogP contribution is -2.10. The van der Waals surface area contributed by atoms with Gasteiger partial charge in [0, 0.05) is 22.1 Å². The number of nitrogens with two attached hydrogens (primary N) is 1. The van der Waals surface area contributed by atoms with Crippen LogP contribution in [0.2, 0.25) is 0 Å². The van der Waals surface area contributed by atoms with Crippen molar-refractivity contribution in [3.63, 3.8) is 0 Å². The first-order chi connectivity index (χ1) is 14.1. The topological polar surface area (TPSA) is 126 Å². The molecule has 0 bridgehead atoms. The zero-order chi connectivity index (χ0) is 20.4. The SMILES string of the molecule is CCOC(=O)c1oc2ccccc2c1Cn1nnc(-c2ccc(C(N)=O)cc2)n1. The van der Waals surface area contributed by atoms with Crippen LogP contribution < -0.4 is 5.73 Å². The normalized spacial score (nSPS) is 10.9. The smallest absolute Gasteiger partial charge is 0.374 e. The van der Waals surface area contributed by atoms with Gasteiger partial charge in [-0.1, -0.05) is 30.3 Å². The van der Waals surface area contributed by atoms with Gasteiger partial charge in [0.15, 0.2) is 0 Å². The summed E-state index contributed by atoms with van der Waals surface area (Å²) >= 11 is 0. The summed E-state index contributed by atoms with van der Waals surface area (Å²) in [4.78, 5) is 24.9. The molecule has 0 aliphatic heterocycles. The van der Waals surface area contributed by atoms with Gasteiger partial charge in [0.2, 0.25) is 17.5 Å². The van der Waals surface area contributed by atoms with Crippen LogP contribution in [0.1, 0.15) is 33.4 Å². The molecule has 0 spiro atoms. The fourth-order valence-electron chi connectivity index (χ4n) is 2.97. The Kier molecular flexibility index (Phi) is 4.78. The Hall–Kier alpha value is -4.01. The molecule has 2 aromatic carbocycles. The van der Waals surface area contributed by atoms with Gasteiger partial charge >= 0.3 is 5.97 Å². The first kappa shape index (κ1) is 18.4. The Bertz CT molecular complexity index is 1190. The number of ether oxygens (including phenoxy) is 1. The average molecular weight is 391 g/mol. The maximum absolute atomic E-state index is 12.3. The quantitative estimate of drug-likeness (QED) is 0.500. The van der Waals surface area contributed by atoms with Gasteiger partial charge in [0.25, 0.3) is 0 Å². The average Bonchev–Trinajstić information content (AvgIpc) is 3.34. The zero-order valence-corrected chi connectivity index (χ0v) is 15.5. The molecule has 0 saturated heterocycles. The lowest BCUT2D eigenvalue weighted by molar-refractivity contribution is 0.0490. The van der Waals surface area contributed by atoms with E-state index >= 15 is 0 Å². The number of hydrogen-bond acceptors (Lipinski definition) is 7. The van der Waals surface area contributed by atoms with Crippen LogP contribution in [0.5, 0.6) is 0 Å². The van der Waals surface area contributed by atoms with E-state index < -0.39 is 11.9 Å². The summed E-state index contributed by atoms with van der Waals surface area (Å²) in [6.07, 6.45) is 0. The molecule has 0 radical (unpaired) electrons. The number of esters is 1. The number of furan rings is 1. The molecule has 0 aliphatic rings. The van der Waals surface area contributed by atoms with Gasteiger partial charge in [0.1, 0.15) is 5.58 Å². The summed E-state index contributed by atoms with van der Waals surface area (Å²) in [6.45, 7) is 2.15. The molecule has 0 fully saturated rings. The number of rotatable bonds is 6. The third-order valence-corrected chi connectivity index (χ3v) is 4.34. The molecular weight excluding hydrogens is 374 g/mol. The predicted molar refractivity (Wildman–Crippen MR) is 103 cm³/mol. The molecule has 1 amide bonds. The van der Waals surface area contributed by atoms with Gasteiger partial charge in [-0.05, 0) is 30.3 Å². The highest BCUT2D eigenvalue weighted by molar-refractivity contribution is 5.96. The number of carbonyl (C=O) groups excluding carboxylic acids is 2. The van der Waals surface area contributed by atoms with Gasteiger partial charge in [-0.3, -0.25) is 4.79 Å². The van der Waals surface area contributed by atoms with Crippen LogP contribution in [0.25, 0.3) is 22.4 Å². The Balaban J connectivity index is 1.66. The van der Waals surface area contributed by atoms with Gasteiger partial charge in [-0.25, -0.2) is 4.79 Å². The molecule has 2 N–H and O–H groups in total. The van der Waals surface area contributed by atoms with Crippen LogP contribution in [0.3, 0.4) is 0 Å². The second kappa shape index (κ2) is 7.55. The molecule has 0 saturated carbocycles. The summed E-state index contributed by atoms with van der Waals surface area (Å²) in [6, 6.07) is 13.9. The highest BCUT2D eigenvalue weighted by atomic mass is 16.5. The second-order valence-electron chi connectivity index (χ2n) is 6.21. The van der Waals surface area contributed by atoms with E-state index in [1.807, 2.05) is 18.2 Å². The molecule has 29 heavy (non-hydrogen) atoms. The van der Waals surface area contributed by atoms with Crippen molar-refractivity contribution in [2.75, 3.05) is 6.61 Å². The number of aromatic nitrogens is 4. The Morgan fingerprint density at radius 2 is 1.90 bits per heavy atom. The number of para-hydroxylation sites is 1. The molecule has 0 atom stereocenters. The molecule has 4 rings (SSSR count). The number of carbonyl (C=O) groups is 2. The molecule has 0 aliphatic carbocycles. The van der Waals surface area contributed by atoms with Crippen LogP contribution in [0.4, 0.5) is 0 Å². The minimum Gasteiger partial charge on any atom is -0.460 e. The van der Waals surface area contributed by atoms with Crippen LogP contribution in [0.15, 0.2) is 52.9 Å². The number of amides is 1. The van der Waals surface area contributed by atoms with E-state index in [-0.39, 0.29) is 18.9 Å². The maximum Gasteiger partial charge on any atom is 0.374 e. The third-order valence-electron chi connectivity index (χ3n) is 4.34. The van der Waals surface area contributed by atoms with E-state index in [2.05, 4.69) is 15.4 Å². The molecule has 9 nitrogen and oxygen atoms in total. The summed E-state index contributed by atoms with van der Waals surface area (Å²) in [5, 5.41) is 13.3. The van der Waals surface area contributed by atoms with Crippen LogP contribution in [0, 0.1) is 0 Å². The van der Waals surface area contributed by atoms with Crippen molar-refractivity contribution in [2.24, 2.45) is 5.73 Å². The highest BCUT2D eigenvalue weighted by Gasteiger charge is 2.22. The summed E-state index contributed by atoms with van der Waals surface area (Å²) in [5.74, 6) is -0.545. The lowest BCUT2D eigenvalue weighted by Gasteiger charge is -2.02. The largest absolute Gasteiger partial charge is 0.460 e. The van der Waals surface area contributed by atoms with E-state index in [0.29, 0.717) is 28.1 Å². The van der Waals surface area contributed by atoms with Crippen LogP contribution in [-0.2, 0) is 11.3 Å². The van der Waals surface area contributed by atoms with E-state index in [1.54, 1.807) is 37.3 Å². The first-order valence-electron chi connectivity index (χ1n) is 8.92. The maximum atomic E-state index is 12.3. The van der Waals surface area contributed by atoms with Crippen molar-refractivity contribution in [3.8, 4) is 11.4 Å². The van der Waals surface area contributed by atoms with E-state index in [0.717, 1.165) is 5.39 Å². The number of nitrogens with zero attached hydrogens (tertiary/aromatic N) is 4. The number of tetrazole rings is 1. The zero-order valence-electron chi connectivity index (χ0n) is 15.5. The molecule has 2 aromatic heterocycles. The van der Waals surface area contributed by atoms with Crippen molar-refractivity contribution < 1.29 is 18.7 Å². The van der Waals surface area contributed by atoms with Crippen molar-refractivity contribution in [1.29, 1.82) is 0 Å². The van der Waals surface area contributed by atoms with E-state index in [1.165, 1.54) is 4.80 Å². The number of primary amides is 1. The molecule has 2 heterocycles. The third kappa shape index (κ3) is 3.57. The summed E-state index contributed by atoms with van der Waals surface area (Å²) in [7, 11) is 0. The number of benzene rings is 2. The van der Waals surface area contributed by atoms with Crippen molar-refractivity contribution >= 4 is 22.8 Å². The van der Waals surface area contributed by atoms with Crippen molar-refractivity contribution in [2.45, 2.75) is 13.5 Å². The van der Waals surface area contributed by atoms with Crippen molar-refractivity contribution in [1.82, 2.24) is 20.2 Å². The standard InChI is InChI=1S/C20H17N5O4/c1-2-28-20(27)17-15(14-5-3-4-6-16(14)29-17)11-25-23-19(22-24-25)13-9-7-12(8-10-13)18(21)26/h3-10H,2,11H2,1H3,(H2,21,26). The Labute approximate surface area is 165 Å². The fourth-order valence-corrected chi connectivity index (χ4v) is 2.97. The monoisotopic (exact) mass is 391 g/mol. The molecule has 146 valence electrons. The van der Waals surface area contributed by atoms with Gasteiger partial charge in [-0.15, -0.1) is 10.2 Å². The van der Waals surface area contributed by atoms with Gasteiger partial charge in [-0.2, -0.15) is 4.80 Å². The minimum atomic E-state index is -0.541. The van der Waals surface area contributed by atoms with E-state index in [4.69, 9.17) is 14.9 Å².